The molecule has 0 aromatic heterocycles. The fourth-order valence-corrected chi connectivity index (χ4v) is 2.65. The minimum absolute atomic E-state index is 0.0328. The van der Waals surface area contributed by atoms with Gasteiger partial charge in [0.05, 0.1) is 0 Å². The number of hydrogen-bond donors (Lipinski definition) is 1. The van der Waals surface area contributed by atoms with Crippen molar-refractivity contribution in [3.8, 4) is 5.75 Å². The first kappa shape index (κ1) is 14.6. The second-order valence-electron chi connectivity index (χ2n) is 6.63. The maximum Gasteiger partial charge on any atom is 0.123 e. The van der Waals surface area contributed by atoms with E-state index in [1.807, 2.05) is 6.07 Å². The number of aromatic hydroxyl groups is 1. The molecule has 0 saturated heterocycles. The van der Waals surface area contributed by atoms with Gasteiger partial charge in [0.2, 0.25) is 0 Å². The van der Waals surface area contributed by atoms with Crippen LogP contribution in [0.2, 0.25) is 0 Å². The Morgan fingerprint density at radius 2 is 1.53 bits per heavy atom. The van der Waals surface area contributed by atoms with Gasteiger partial charge in [-0.25, -0.2) is 0 Å². The molecule has 1 aromatic rings. The second-order valence-corrected chi connectivity index (χ2v) is 7.19. The molecule has 0 aliphatic carbocycles. The summed E-state index contributed by atoms with van der Waals surface area (Å²) < 4.78 is 0. The highest BCUT2D eigenvalue weighted by Gasteiger charge is 2.27. The maximum absolute atomic E-state index is 10.6. The first-order valence-corrected chi connectivity index (χ1v) is 7.13. The van der Waals surface area contributed by atoms with Gasteiger partial charge in [-0.3, -0.25) is 0 Å². The monoisotopic (exact) mass is 298 g/mol. The molecule has 0 heterocycles. The molecule has 96 valence electrons. The minimum atomic E-state index is -0.0472. The molecule has 0 saturated carbocycles. The van der Waals surface area contributed by atoms with Crippen molar-refractivity contribution in [3.05, 3.63) is 28.8 Å². The van der Waals surface area contributed by atoms with Gasteiger partial charge in [-0.2, -0.15) is 0 Å². The smallest absolute Gasteiger partial charge is 0.123 e. The zero-order chi connectivity index (χ0) is 13.4. The summed E-state index contributed by atoms with van der Waals surface area (Å²) in [6.07, 6.45) is 0. The molecule has 2 heteroatoms. The van der Waals surface area contributed by atoms with Gasteiger partial charge >= 0.3 is 0 Å². The standard InChI is InChI=1S/C15H23BrO/c1-14(2,3)11-8-7-10(9-16)12(13(11)17)15(4,5)6/h7-8,17H,9H2,1-6H3. The lowest BCUT2D eigenvalue weighted by Crippen LogP contribution is -2.18. The van der Waals surface area contributed by atoms with E-state index in [1.54, 1.807) is 0 Å². The quantitative estimate of drug-likeness (QED) is 0.733. The lowest BCUT2D eigenvalue weighted by molar-refractivity contribution is 0.422. The molecule has 0 radical (unpaired) electrons. The lowest BCUT2D eigenvalue weighted by atomic mass is 9.77. The van der Waals surface area contributed by atoms with Crippen LogP contribution in [0.1, 0.15) is 58.2 Å². The van der Waals surface area contributed by atoms with Gasteiger partial charge in [-0.05, 0) is 22.0 Å². The summed E-state index contributed by atoms with van der Waals surface area (Å²) in [5.41, 5.74) is 3.17. The fourth-order valence-electron chi connectivity index (χ4n) is 2.19. The van der Waals surface area contributed by atoms with Crippen LogP contribution in [0.25, 0.3) is 0 Å². The van der Waals surface area contributed by atoms with Crippen LogP contribution >= 0.6 is 15.9 Å². The number of alkyl halides is 1. The van der Waals surface area contributed by atoms with Crippen molar-refractivity contribution in [3.63, 3.8) is 0 Å². The lowest BCUT2D eigenvalue weighted by Gasteiger charge is -2.29. The molecule has 0 atom stereocenters. The van der Waals surface area contributed by atoms with Crippen molar-refractivity contribution in [1.82, 2.24) is 0 Å². The first-order valence-electron chi connectivity index (χ1n) is 6.01. The Bertz CT molecular complexity index is 408. The summed E-state index contributed by atoms with van der Waals surface area (Å²) >= 11 is 3.50. The SMILES string of the molecule is CC(C)(C)c1ccc(CBr)c(C(C)(C)C)c1O. The van der Waals surface area contributed by atoms with E-state index in [2.05, 4.69) is 63.5 Å². The Hall–Kier alpha value is -0.500. The summed E-state index contributed by atoms with van der Waals surface area (Å²) in [4.78, 5) is 0. The second kappa shape index (κ2) is 4.64. The highest BCUT2D eigenvalue weighted by atomic mass is 79.9. The van der Waals surface area contributed by atoms with E-state index in [0.717, 1.165) is 16.5 Å². The minimum Gasteiger partial charge on any atom is -0.507 e. The molecule has 1 rings (SSSR count). The summed E-state index contributed by atoms with van der Waals surface area (Å²) in [6.45, 7) is 12.8. The molecule has 0 spiro atoms. The van der Waals surface area contributed by atoms with Crippen molar-refractivity contribution in [1.29, 1.82) is 0 Å². The Labute approximate surface area is 113 Å². The van der Waals surface area contributed by atoms with Crippen LogP contribution in [-0.2, 0) is 16.2 Å². The van der Waals surface area contributed by atoms with Crippen molar-refractivity contribution in [2.75, 3.05) is 0 Å². The van der Waals surface area contributed by atoms with Gasteiger partial charge in [-0.1, -0.05) is 69.6 Å². The average molecular weight is 299 g/mol. The summed E-state index contributed by atoms with van der Waals surface area (Å²) in [7, 11) is 0. The predicted octanol–water partition coefficient (Wildman–Crippen LogP) is 4.88. The van der Waals surface area contributed by atoms with Gasteiger partial charge in [0.15, 0.2) is 0 Å². The van der Waals surface area contributed by atoms with Gasteiger partial charge in [-0.15, -0.1) is 0 Å². The van der Waals surface area contributed by atoms with Crippen LogP contribution in [0.15, 0.2) is 12.1 Å². The summed E-state index contributed by atoms with van der Waals surface area (Å²) in [5.74, 6) is 0.460. The Kier molecular flexibility index (Phi) is 3.97. The van der Waals surface area contributed by atoms with E-state index in [4.69, 9.17) is 0 Å². The van der Waals surface area contributed by atoms with Gasteiger partial charge in [0, 0.05) is 10.9 Å². The zero-order valence-electron chi connectivity index (χ0n) is 11.7. The summed E-state index contributed by atoms with van der Waals surface area (Å²) in [5, 5.41) is 11.3. The average Bonchev–Trinajstić information content (AvgIpc) is 2.12. The van der Waals surface area contributed by atoms with Crippen LogP contribution in [-0.4, -0.2) is 5.11 Å². The Balaban J connectivity index is 3.55. The number of benzene rings is 1. The number of halogens is 1. The molecule has 0 unspecified atom stereocenters. The predicted molar refractivity (Wildman–Crippen MR) is 78.1 cm³/mol. The van der Waals surface area contributed by atoms with Crippen LogP contribution < -0.4 is 0 Å². The molecule has 1 aromatic carbocycles. The summed E-state index contributed by atoms with van der Waals surface area (Å²) in [6, 6.07) is 4.16. The molecule has 0 amide bonds. The molecule has 0 aliphatic rings. The molecule has 0 aliphatic heterocycles. The van der Waals surface area contributed by atoms with Gasteiger partial charge in [0.25, 0.3) is 0 Å². The molecule has 0 bridgehead atoms. The fraction of sp³-hybridized carbons (Fsp3) is 0.600. The topological polar surface area (TPSA) is 20.2 Å². The van der Waals surface area contributed by atoms with Crippen LogP contribution in [0.3, 0.4) is 0 Å². The maximum atomic E-state index is 10.6. The van der Waals surface area contributed by atoms with E-state index in [-0.39, 0.29) is 10.8 Å². The van der Waals surface area contributed by atoms with Crippen LogP contribution in [0.5, 0.6) is 5.75 Å². The molecule has 17 heavy (non-hydrogen) atoms. The van der Waals surface area contributed by atoms with Crippen molar-refractivity contribution in [2.45, 2.75) is 57.7 Å². The highest BCUT2D eigenvalue weighted by molar-refractivity contribution is 9.08. The van der Waals surface area contributed by atoms with Crippen molar-refractivity contribution in [2.24, 2.45) is 0 Å². The molecule has 1 nitrogen and oxygen atoms in total. The Morgan fingerprint density at radius 1 is 1.00 bits per heavy atom. The molecular formula is C15H23BrO. The van der Waals surface area contributed by atoms with Gasteiger partial charge < -0.3 is 5.11 Å². The number of phenolic OH excluding ortho intramolecular Hbond substituents is 1. The third-order valence-corrected chi connectivity index (χ3v) is 3.57. The third-order valence-electron chi connectivity index (χ3n) is 2.97. The number of phenols is 1. The molecule has 0 fully saturated rings. The first-order chi connectivity index (χ1) is 7.59. The van der Waals surface area contributed by atoms with Crippen molar-refractivity contribution < 1.29 is 5.11 Å². The van der Waals surface area contributed by atoms with Crippen LogP contribution in [0, 0.1) is 0 Å². The van der Waals surface area contributed by atoms with E-state index in [9.17, 15) is 5.11 Å². The number of hydrogen-bond acceptors (Lipinski definition) is 1. The zero-order valence-corrected chi connectivity index (χ0v) is 13.3. The van der Waals surface area contributed by atoms with E-state index in [0.29, 0.717) is 5.75 Å². The van der Waals surface area contributed by atoms with E-state index in [1.165, 1.54) is 5.56 Å². The Morgan fingerprint density at radius 3 is 1.88 bits per heavy atom. The van der Waals surface area contributed by atoms with E-state index < -0.39 is 0 Å². The third kappa shape index (κ3) is 3.04. The van der Waals surface area contributed by atoms with Crippen molar-refractivity contribution >= 4 is 15.9 Å². The number of rotatable bonds is 1. The highest BCUT2D eigenvalue weighted by Crippen LogP contribution is 2.41. The molecule has 1 N–H and O–H groups in total. The molecular weight excluding hydrogens is 276 g/mol. The largest absolute Gasteiger partial charge is 0.507 e. The van der Waals surface area contributed by atoms with E-state index >= 15 is 0 Å². The normalized spacial score (nSPS) is 12.9. The van der Waals surface area contributed by atoms with Crippen LogP contribution in [0.4, 0.5) is 0 Å². The van der Waals surface area contributed by atoms with Gasteiger partial charge in [0.1, 0.15) is 5.75 Å².